The highest BCUT2D eigenvalue weighted by Gasteiger charge is 2.18. The van der Waals surface area contributed by atoms with Crippen LogP contribution >= 0.6 is 11.6 Å². The van der Waals surface area contributed by atoms with Gasteiger partial charge in [0.05, 0.1) is 0 Å². The first kappa shape index (κ1) is 18.5. The zero-order valence-corrected chi connectivity index (χ0v) is 15.0. The second-order valence-electron chi connectivity index (χ2n) is 6.16. The van der Waals surface area contributed by atoms with Crippen LogP contribution in [0.25, 0.3) is 0 Å². The van der Waals surface area contributed by atoms with Gasteiger partial charge in [-0.1, -0.05) is 64.1 Å². The minimum atomic E-state index is 0.462. The molecule has 0 saturated carbocycles. The van der Waals surface area contributed by atoms with E-state index in [9.17, 15) is 0 Å². The number of hydrogen-bond donors (Lipinski definition) is 1. The predicted octanol–water partition coefficient (Wildman–Crippen LogP) is 6.30. The fraction of sp³-hybridized carbons (Fsp3) is 0.684. The number of nitrogens with one attached hydrogen (secondary N) is 1. The van der Waals surface area contributed by atoms with Gasteiger partial charge >= 0.3 is 0 Å². The van der Waals surface area contributed by atoms with Crippen molar-refractivity contribution in [2.75, 3.05) is 6.54 Å². The summed E-state index contributed by atoms with van der Waals surface area (Å²) in [5.74, 6) is 0.814. The van der Waals surface area contributed by atoms with Crippen LogP contribution in [0, 0.1) is 12.8 Å². The number of unbranched alkanes of at least 4 members (excludes halogenated alkanes) is 1. The molecule has 2 heteroatoms. The molecule has 120 valence electrons. The molecule has 1 N–H and O–H groups in total. The maximum Gasteiger partial charge on any atom is 0.0408 e. The van der Waals surface area contributed by atoms with Gasteiger partial charge in [-0.25, -0.2) is 0 Å². The van der Waals surface area contributed by atoms with Crippen molar-refractivity contribution >= 4 is 11.6 Å². The summed E-state index contributed by atoms with van der Waals surface area (Å²) in [6.07, 6.45) is 7.68. The molecule has 1 nitrogen and oxygen atoms in total. The van der Waals surface area contributed by atoms with Gasteiger partial charge in [0.15, 0.2) is 0 Å². The SMILES string of the molecule is CCCCC(CC)CC(NCCC)c1ccc(Cl)cc1C. The molecule has 0 aromatic heterocycles. The zero-order chi connectivity index (χ0) is 15.7. The maximum atomic E-state index is 6.11. The van der Waals surface area contributed by atoms with Gasteiger partial charge in [0.25, 0.3) is 0 Å². The van der Waals surface area contributed by atoms with Crippen molar-refractivity contribution in [2.24, 2.45) is 5.92 Å². The van der Waals surface area contributed by atoms with Crippen LogP contribution in [0.2, 0.25) is 5.02 Å². The Balaban J connectivity index is 2.83. The van der Waals surface area contributed by atoms with E-state index in [2.05, 4.69) is 45.1 Å². The minimum Gasteiger partial charge on any atom is -0.310 e. The third-order valence-electron chi connectivity index (χ3n) is 4.36. The summed E-state index contributed by atoms with van der Waals surface area (Å²) in [5, 5.41) is 4.58. The van der Waals surface area contributed by atoms with Crippen molar-refractivity contribution in [3.8, 4) is 0 Å². The lowest BCUT2D eigenvalue weighted by Crippen LogP contribution is -2.25. The number of aryl methyl sites for hydroxylation is 1. The van der Waals surface area contributed by atoms with Crippen molar-refractivity contribution in [2.45, 2.75) is 72.3 Å². The molecule has 21 heavy (non-hydrogen) atoms. The van der Waals surface area contributed by atoms with Crippen LogP contribution in [0.5, 0.6) is 0 Å². The smallest absolute Gasteiger partial charge is 0.0408 e. The predicted molar refractivity (Wildman–Crippen MR) is 95.1 cm³/mol. The van der Waals surface area contributed by atoms with E-state index in [1.807, 2.05) is 6.07 Å². The molecule has 2 unspecified atom stereocenters. The Labute approximate surface area is 136 Å². The molecule has 2 atom stereocenters. The van der Waals surface area contributed by atoms with Crippen LogP contribution in [-0.2, 0) is 0 Å². The largest absolute Gasteiger partial charge is 0.310 e. The lowest BCUT2D eigenvalue weighted by Gasteiger charge is -2.26. The molecule has 0 aliphatic carbocycles. The standard InChI is InChI=1S/C19H32ClN/c1-5-8-9-16(7-3)14-19(21-12-6-2)18-11-10-17(20)13-15(18)4/h10-11,13,16,19,21H,5-9,12,14H2,1-4H3. The summed E-state index contributed by atoms with van der Waals surface area (Å²) in [5.41, 5.74) is 2.73. The number of benzene rings is 1. The molecule has 1 aromatic rings. The van der Waals surface area contributed by atoms with Gasteiger partial charge < -0.3 is 5.32 Å². The molecule has 1 rings (SSSR count). The third-order valence-corrected chi connectivity index (χ3v) is 4.60. The summed E-state index contributed by atoms with van der Waals surface area (Å²) in [6, 6.07) is 6.78. The van der Waals surface area contributed by atoms with Gasteiger partial charge in [-0.05, 0) is 55.5 Å². The number of rotatable bonds is 10. The molecule has 0 aliphatic rings. The summed E-state index contributed by atoms with van der Waals surface area (Å²) in [4.78, 5) is 0. The summed E-state index contributed by atoms with van der Waals surface area (Å²) in [7, 11) is 0. The lowest BCUT2D eigenvalue weighted by molar-refractivity contribution is 0.353. The van der Waals surface area contributed by atoms with E-state index in [0.717, 1.165) is 17.5 Å². The molecule has 0 amide bonds. The highest BCUT2D eigenvalue weighted by atomic mass is 35.5. The van der Waals surface area contributed by atoms with Crippen LogP contribution in [-0.4, -0.2) is 6.54 Å². The van der Waals surface area contributed by atoms with Crippen molar-refractivity contribution in [3.05, 3.63) is 34.3 Å². The molecule has 0 aliphatic heterocycles. The van der Waals surface area contributed by atoms with E-state index in [4.69, 9.17) is 11.6 Å². The van der Waals surface area contributed by atoms with Crippen molar-refractivity contribution < 1.29 is 0 Å². The molecular weight excluding hydrogens is 278 g/mol. The fourth-order valence-corrected chi connectivity index (χ4v) is 3.21. The van der Waals surface area contributed by atoms with Gasteiger partial charge in [-0.2, -0.15) is 0 Å². The summed E-state index contributed by atoms with van der Waals surface area (Å²) >= 11 is 6.11. The second kappa shape index (κ2) is 10.2. The maximum absolute atomic E-state index is 6.11. The van der Waals surface area contributed by atoms with Gasteiger partial charge in [0.2, 0.25) is 0 Å². The van der Waals surface area contributed by atoms with Crippen molar-refractivity contribution in [3.63, 3.8) is 0 Å². The van der Waals surface area contributed by atoms with E-state index in [0.29, 0.717) is 6.04 Å². The third kappa shape index (κ3) is 6.40. The second-order valence-corrected chi connectivity index (χ2v) is 6.60. The Kier molecular flexibility index (Phi) is 9.03. The summed E-state index contributed by atoms with van der Waals surface area (Å²) in [6.45, 7) is 10.1. The topological polar surface area (TPSA) is 12.0 Å². The van der Waals surface area contributed by atoms with E-state index in [1.165, 1.54) is 49.7 Å². The first-order chi connectivity index (χ1) is 10.1. The Morgan fingerprint density at radius 3 is 2.48 bits per heavy atom. The Bertz CT molecular complexity index is 403. The average Bonchev–Trinajstić information content (AvgIpc) is 2.47. The molecule has 0 spiro atoms. The molecular formula is C19H32ClN. The van der Waals surface area contributed by atoms with E-state index in [1.54, 1.807) is 0 Å². The Morgan fingerprint density at radius 1 is 1.14 bits per heavy atom. The molecule has 0 saturated heterocycles. The highest BCUT2D eigenvalue weighted by molar-refractivity contribution is 6.30. The zero-order valence-electron chi connectivity index (χ0n) is 14.2. The molecule has 0 fully saturated rings. The highest BCUT2D eigenvalue weighted by Crippen LogP contribution is 2.29. The van der Waals surface area contributed by atoms with Gasteiger partial charge in [0.1, 0.15) is 0 Å². The summed E-state index contributed by atoms with van der Waals surface area (Å²) < 4.78 is 0. The fourth-order valence-electron chi connectivity index (χ4n) is 2.98. The normalized spacial score (nSPS) is 14.1. The monoisotopic (exact) mass is 309 g/mol. The molecule has 0 radical (unpaired) electrons. The Morgan fingerprint density at radius 2 is 1.90 bits per heavy atom. The quantitative estimate of drug-likeness (QED) is 0.535. The van der Waals surface area contributed by atoms with Crippen molar-refractivity contribution in [1.82, 2.24) is 5.32 Å². The van der Waals surface area contributed by atoms with Crippen LogP contribution < -0.4 is 5.32 Å². The van der Waals surface area contributed by atoms with Crippen LogP contribution in [0.4, 0.5) is 0 Å². The molecule has 0 bridgehead atoms. The Hall–Kier alpha value is -0.530. The minimum absolute atomic E-state index is 0.462. The molecule has 1 aromatic carbocycles. The van der Waals surface area contributed by atoms with Gasteiger partial charge in [0, 0.05) is 11.1 Å². The van der Waals surface area contributed by atoms with Crippen LogP contribution in [0.1, 0.15) is 76.5 Å². The van der Waals surface area contributed by atoms with E-state index >= 15 is 0 Å². The first-order valence-electron chi connectivity index (χ1n) is 8.61. The lowest BCUT2D eigenvalue weighted by atomic mass is 9.87. The van der Waals surface area contributed by atoms with Gasteiger partial charge in [-0.3, -0.25) is 0 Å². The van der Waals surface area contributed by atoms with E-state index < -0.39 is 0 Å². The van der Waals surface area contributed by atoms with Crippen molar-refractivity contribution in [1.29, 1.82) is 0 Å². The number of halogens is 1. The van der Waals surface area contributed by atoms with Gasteiger partial charge in [-0.15, -0.1) is 0 Å². The van der Waals surface area contributed by atoms with Crippen LogP contribution in [0.3, 0.4) is 0 Å². The van der Waals surface area contributed by atoms with E-state index in [-0.39, 0.29) is 0 Å². The average molecular weight is 310 g/mol. The first-order valence-corrected chi connectivity index (χ1v) is 8.99. The molecule has 0 heterocycles. The number of hydrogen-bond acceptors (Lipinski definition) is 1. The van der Waals surface area contributed by atoms with Crippen LogP contribution in [0.15, 0.2) is 18.2 Å².